The predicted molar refractivity (Wildman–Crippen MR) is 125 cm³/mol. The molecule has 0 N–H and O–H groups in total. The topological polar surface area (TPSA) is 9.23 Å². The molecular weight excluding hydrogens is 371 g/mol. The maximum Gasteiger partial charge on any atom is 0.0928 e. The molecule has 0 atom stereocenters. The standard InChI is InChI=1S/C28H43FO/c1-2-21-30-22-26-10-8-24(9-11-26)6-7-25-14-18-28(19-15-25)27-16-12-23(13-17-27)5-3-4-20-29/h3,5,8-11,23,25,27-28H,2,4,6-7,12-22H2,1H3/b5-3+. The Hall–Kier alpha value is -1.15. The van der Waals surface area contributed by atoms with Crippen molar-refractivity contribution in [2.24, 2.45) is 23.7 Å². The van der Waals surface area contributed by atoms with Crippen LogP contribution in [-0.2, 0) is 17.8 Å². The molecule has 2 fully saturated rings. The summed E-state index contributed by atoms with van der Waals surface area (Å²) in [7, 11) is 0. The molecule has 1 aromatic carbocycles. The third kappa shape index (κ3) is 7.84. The van der Waals surface area contributed by atoms with Crippen LogP contribution >= 0.6 is 0 Å². The number of rotatable bonds is 11. The number of allylic oxidation sites excluding steroid dienone is 2. The molecule has 2 aliphatic rings. The van der Waals surface area contributed by atoms with Crippen molar-refractivity contribution >= 4 is 0 Å². The summed E-state index contributed by atoms with van der Waals surface area (Å²) >= 11 is 0. The Balaban J connectivity index is 1.31. The molecule has 168 valence electrons. The van der Waals surface area contributed by atoms with Gasteiger partial charge in [0.25, 0.3) is 0 Å². The van der Waals surface area contributed by atoms with Crippen molar-refractivity contribution in [3.8, 4) is 0 Å². The summed E-state index contributed by atoms with van der Waals surface area (Å²) < 4.78 is 17.9. The van der Waals surface area contributed by atoms with E-state index < -0.39 is 0 Å². The summed E-state index contributed by atoms with van der Waals surface area (Å²) in [6.45, 7) is 3.53. The minimum atomic E-state index is -0.214. The van der Waals surface area contributed by atoms with Crippen molar-refractivity contribution < 1.29 is 9.13 Å². The molecule has 0 heterocycles. The van der Waals surface area contributed by atoms with Crippen molar-refractivity contribution in [1.29, 1.82) is 0 Å². The molecular formula is C28H43FO. The first-order valence-corrected chi connectivity index (χ1v) is 12.7. The van der Waals surface area contributed by atoms with Crippen LogP contribution in [0.1, 0.15) is 88.7 Å². The predicted octanol–water partition coefficient (Wildman–Crippen LogP) is 8.07. The minimum Gasteiger partial charge on any atom is -0.377 e. The van der Waals surface area contributed by atoms with E-state index in [9.17, 15) is 4.39 Å². The molecule has 0 amide bonds. The van der Waals surface area contributed by atoms with Gasteiger partial charge in [-0.3, -0.25) is 4.39 Å². The van der Waals surface area contributed by atoms with E-state index in [0.29, 0.717) is 12.3 Å². The highest BCUT2D eigenvalue weighted by Gasteiger charge is 2.30. The van der Waals surface area contributed by atoms with Crippen molar-refractivity contribution in [2.75, 3.05) is 13.3 Å². The molecule has 0 spiro atoms. The van der Waals surface area contributed by atoms with Crippen LogP contribution in [-0.4, -0.2) is 13.3 Å². The van der Waals surface area contributed by atoms with E-state index in [1.807, 2.05) is 0 Å². The SMILES string of the molecule is CCCOCc1ccc(CCC2CCC(C3CCC(/C=C/CCF)CC3)CC2)cc1. The number of ether oxygens (including phenoxy) is 1. The molecule has 1 nitrogen and oxygen atoms in total. The van der Waals surface area contributed by atoms with Gasteiger partial charge in [-0.25, -0.2) is 0 Å². The molecule has 0 unspecified atom stereocenters. The van der Waals surface area contributed by atoms with Crippen LogP contribution in [0, 0.1) is 23.7 Å². The zero-order valence-electron chi connectivity index (χ0n) is 19.2. The second kappa shape index (κ2) is 13.3. The molecule has 3 rings (SSSR count). The average Bonchev–Trinajstić information content (AvgIpc) is 2.80. The largest absolute Gasteiger partial charge is 0.377 e. The van der Waals surface area contributed by atoms with Gasteiger partial charge in [0.2, 0.25) is 0 Å². The highest BCUT2D eigenvalue weighted by atomic mass is 19.1. The summed E-state index contributed by atoms with van der Waals surface area (Å²) in [5, 5.41) is 0. The van der Waals surface area contributed by atoms with Crippen molar-refractivity contribution in [1.82, 2.24) is 0 Å². The van der Waals surface area contributed by atoms with Gasteiger partial charge in [0.05, 0.1) is 13.3 Å². The van der Waals surface area contributed by atoms with Crippen molar-refractivity contribution in [3.63, 3.8) is 0 Å². The number of hydrogen-bond acceptors (Lipinski definition) is 1. The van der Waals surface area contributed by atoms with Crippen LogP contribution in [0.2, 0.25) is 0 Å². The molecule has 0 aromatic heterocycles. The molecule has 0 bridgehead atoms. The molecule has 0 saturated heterocycles. The lowest BCUT2D eigenvalue weighted by molar-refractivity contribution is 0.121. The van der Waals surface area contributed by atoms with Crippen LogP contribution in [0.25, 0.3) is 0 Å². The highest BCUT2D eigenvalue weighted by Crippen LogP contribution is 2.42. The second-order valence-electron chi connectivity index (χ2n) is 9.77. The summed E-state index contributed by atoms with van der Waals surface area (Å²) in [5.74, 6) is 3.57. The van der Waals surface area contributed by atoms with Crippen LogP contribution in [0.5, 0.6) is 0 Å². The first-order valence-electron chi connectivity index (χ1n) is 12.7. The number of benzene rings is 1. The normalized spacial score (nSPS) is 27.5. The molecule has 0 aliphatic heterocycles. The Kier molecular flexibility index (Phi) is 10.4. The molecule has 2 aliphatic carbocycles. The van der Waals surface area contributed by atoms with Gasteiger partial charge in [0.1, 0.15) is 0 Å². The quantitative estimate of drug-likeness (QED) is 0.263. The van der Waals surface area contributed by atoms with E-state index in [1.54, 1.807) is 0 Å². The Labute approximate surface area is 184 Å². The fourth-order valence-electron chi connectivity index (χ4n) is 5.62. The second-order valence-corrected chi connectivity index (χ2v) is 9.77. The fraction of sp³-hybridized carbons (Fsp3) is 0.714. The first kappa shape index (κ1) is 23.5. The molecule has 2 saturated carbocycles. The molecule has 0 radical (unpaired) electrons. The number of hydrogen-bond donors (Lipinski definition) is 0. The lowest BCUT2D eigenvalue weighted by Gasteiger charge is -2.37. The van der Waals surface area contributed by atoms with Crippen LogP contribution in [0.3, 0.4) is 0 Å². The summed E-state index contributed by atoms with van der Waals surface area (Å²) in [6.07, 6.45) is 19.8. The average molecular weight is 415 g/mol. The van der Waals surface area contributed by atoms with Gasteiger partial charge >= 0.3 is 0 Å². The van der Waals surface area contributed by atoms with Gasteiger partial charge in [-0.15, -0.1) is 0 Å². The third-order valence-corrected chi connectivity index (χ3v) is 7.54. The van der Waals surface area contributed by atoms with Gasteiger partial charge in [-0.1, -0.05) is 56.2 Å². The van der Waals surface area contributed by atoms with Gasteiger partial charge in [-0.05, 0) is 99.0 Å². The van der Waals surface area contributed by atoms with Gasteiger partial charge in [-0.2, -0.15) is 0 Å². The van der Waals surface area contributed by atoms with Crippen LogP contribution in [0.15, 0.2) is 36.4 Å². The zero-order chi connectivity index (χ0) is 21.0. The van der Waals surface area contributed by atoms with Gasteiger partial charge in [0, 0.05) is 6.61 Å². The smallest absolute Gasteiger partial charge is 0.0928 e. The summed E-state index contributed by atoms with van der Waals surface area (Å²) in [6, 6.07) is 9.09. The minimum absolute atomic E-state index is 0.214. The molecule has 30 heavy (non-hydrogen) atoms. The van der Waals surface area contributed by atoms with Gasteiger partial charge in [0.15, 0.2) is 0 Å². The van der Waals surface area contributed by atoms with Crippen molar-refractivity contribution in [3.05, 3.63) is 47.5 Å². The lowest BCUT2D eigenvalue weighted by atomic mass is 9.68. The van der Waals surface area contributed by atoms with E-state index in [0.717, 1.165) is 37.4 Å². The third-order valence-electron chi connectivity index (χ3n) is 7.54. The summed E-state index contributed by atoms with van der Waals surface area (Å²) in [4.78, 5) is 0. The highest BCUT2D eigenvalue weighted by molar-refractivity contribution is 5.22. The number of alkyl halides is 1. The van der Waals surface area contributed by atoms with Crippen LogP contribution < -0.4 is 0 Å². The van der Waals surface area contributed by atoms with E-state index in [2.05, 4.69) is 43.3 Å². The van der Waals surface area contributed by atoms with E-state index in [-0.39, 0.29) is 6.67 Å². The Morgan fingerprint density at radius 2 is 1.53 bits per heavy atom. The molecule has 2 heteroatoms. The van der Waals surface area contributed by atoms with E-state index in [4.69, 9.17) is 4.74 Å². The lowest BCUT2D eigenvalue weighted by Crippen LogP contribution is -2.25. The maximum atomic E-state index is 12.2. The van der Waals surface area contributed by atoms with E-state index in [1.165, 1.54) is 75.3 Å². The first-order chi connectivity index (χ1) is 14.8. The van der Waals surface area contributed by atoms with Crippen molar-refractivity contribution in [2.45, 2.75) is 90.6 Å². The number of halogens is 1. The Morgan fingerprint density at radius 3 is 2.17 bits per heavy atom. The zero-order valence-corrected chi connectivity index (χ0v) is 19.2. The summed E-state index contributed by atoms with van der Waals surface area (Å²) in [5.41, 5.74) is 2.77. The Morgan fingerprint density at radius 1 is 0.900 bits per heavy atom. The van der Waals surface area contributed by atoms with E-state index >= 15 is 0 Å². The number of aryl methyl sites for hydroxylation is 1. The fourth-order valence-corrected chi connectivity index (χ4v) is 5.62. The van der Waals surface area contributed by atoms with Crippen LogP contribution in [0.4, 0.5) is 4.39 Å². The Bertz CT molecular complexity index is 592. The monoisotopic (exact) mass is 414 g/mol. The molecule has 1 aromatic rings. The van der Waals surface area contributed by atoms with Gasteiger partial charge < -0.3 is 4.74 Å². The maximum absolute atomic E-state index is 12.2.